The Morgan fingerprint density at radius 3 is 2.35 bits per heavy atom. The molecule has 0 aliphatic rings. The minimum Gasteiger partial charge on any atom is -0.457 e. The fraction of sp³-hybridized carbons (Fsp3) is 0.240. The van der Waals surface area contributed by atoms with Gasteiger partial charge >= 0.3 is 0 Å². The van der Waals surface area contributed by atoms with Crippen molar-refractivity contribution in [2.24, 2.45) is 0 Å². The minimum atomic E-state index is -3.70. The summed E-state index contributed by atoms with van der Waals surface area (Å²) >= 11 is 7.66. The molecule has 3 aromatic rings. The monoisotopic (exact) mass is 518 g/mol. The molecule has 0 heterocycles. The molecule has 1 amide bonds. The zero-order valence-electron chi connectivity index (χ0n) is 19.0. The van der Waals surface area contributed by atoms with Gasteiger partial charge in [0, 0.05) is 23.1 Å². The summed E-state index contributed by atoms with van der Waals surface area (Å²) in [7, 11) is -3.70. The molecule has 1 N–H and O–H groups in total. The highest BCUT2D eigenvalue weighted by atomic mass is 35.5. The summed E-state index contributed by atoms with van der Waals surface area (Å²) < 4.78 is 31.9. The zero-order chi connectivity index (χ0) is 24.6. The van der Waals surface area contributed by atoms with E-state index in [2.05, 4.69) is 5.32 Å². The van der Waals surface area contributed by atoms with E-state index < -0.39 is 16.1 Å². The van der Waals surface area contributed by atoms with Crippen LogP contribution >= 0.6 is 23.4 Å². The van der Waals surface area contributed by atoms with Gasteiger partial charge in [-0.1, -0.05) is 41.9 Å². The summed E-state index contributed by atoms with van der Waals surface area (Å²) in [5, 5.41) is 3.52. The molecule has 0 radical (unpaired) electrons. The second kappa shape index (κ2) is 12.1. The summed E-state index contributed by atoms with van der Waals surface area (Å²) in [6, 6.07) is 22.6. The molecule has 0 saturated heterocycles. The van der Waals surface area contributed by atoms with Gasteiger partial charge in [-0.3, -0.25) is 9.10 Å². The number of carbonyl (C=O) groups excluding carboxylic acids is 1. The number of carbonyl (C=O) groups is 1. The van der Waals surface area contributed by atoms with Gasteiger partial charge in [-0.05, 0) is 61.0 Å². The third-order valence-corrected chi connectivity index (χ3v) is 7.37. The fourth-order valence-electron chi connectivity index (χ4n) is 3.31. The molecule has 9 heteroatoms. The van der Waals surface area contributed by atoms with Crippen LogP contribution in [0.2, 0.25) is 5.02 Å². The van der Waals surface area contributed by atoms with Crippen molar-refractivity contribution in [1.29, 1.82) is 0 Å². The van der Waals surface area contributed by atoms with Crippen molar-refractivity contribution in [1.82, 2.24) is 5.32 Å². The van der Waals surface area contributed by atoms with E-state index in [1.165, 1.54) is 0 Å². The Balaban J connectivity index is 1.57. The maximum Gasteiger partial charge on any atom is 0.243 e. The lowest BCUT2D eigenvalue weighted by Crippen LogP contribution is -2.48. The van der Waals surface area contributed by atoms with Gasteiger partial charge in [0.1, 0.15) is 17.5 Å². The van der Waals surface area contributed by atoms with E-state index >= 15 is 0 Å². The lowest BCUT2D eigenvalue weighted by molar-refractivity contribution is -0.121. The molecular weight excluding hydrogens is 492 g/mol. The van der Waals surface area contributed by atoms with E-state index in [1.807, 2.05) is 54.6 Å². The van der Waals surface area contributed by atoms with Gasteiger partial charge < -0.3 is 10.1 Å². The quantitative estimate of drug-likeness (QED) is 0.347. The number of amides is 1. The number of hydrogen-bond acceptors (Lipinski definition) is 5. The Labute approximate surface area is 210 Å². The van der Waals surface area contributed by atoms with Gasteiger partial charge in [0.2, 0.25) is 15.9 Å². The van der Waals surface area contributed by atoms with Crippen LogP contribution in [0.15, 0.2) is 78.9 Å². The number of ether oxygens (including phenoxy) is 1. The number of halogens is 1. The number of hydrogen-bond donors (Lipinski definition) is 1. The van der Waals surface area contributed by atoms with Gasteiger partial charge in [0.05, 0.1) is 11.9 Å². The molecule has 0 spiro atoms. The van der Waals surface area contributed by atoms with E-state index in [0.29, 0.717) is 34.5 Å². The van der Waals surface area contributed by atoms with E-state index in [1.54, 1.807) is 43.0 Å². The number of nitrogens with one attached hydrogen (secondary N) is 1. The molecule has 3 aromatic carbocycles. The molecule has 0 aromatic heterocycles. The smallest absolute Gasteiger partial charge is 0.243 e. The van der Waals surface area contributed by atoms with Crippen molar-refractivity contribution in [2.45, 2.75) is 18.7 Å². The maximum absolute atomic E-state index is 12.7. The standard InChI is InChI=1S/C25H27ClN2O4S2/c1-19(25(29)27-15-16-33-18-20-7-6-8-21(26)17-20)28(34(2,30)31)22-11-13-24(14-12-22)32-23-9-4-3-5-10-23/h3-14,17,19H,15-16,18H2,1-2H3,(H,27,29)/t19-/m1/s1. The normalized spacial score (nSPS) is 12.1. The number of benzene rings is 3. The lowest BCUT2D eigenvalue weighted by atomic mass is 10.2. The van der Waals surface area contributed by atoms with Gasteiger partial charge in [-0.2, -0.15) is 11.8 Å². The second-order valence-corrected chi connectivity index (χ2v) is 11.0. The number of thioether (sulfide) groups is 1. The van der Waals surface area contributed by atoms with Crippen LogP contribution in [0.25, 0.3) is 0 Å². The highest BCUT2D eigenvalue weighted by Crippen LogP contribution is 2.27. The Morgan fingerprint density at radius 2 is 1.71 bits per heavy atom. The summed E-state index contributed by atoms with van der Waals surface area (Å²) in [5.41, 5.74) is 1.50. The first kappa shape index (κ1) is 25.9. The second-order valence-electron chi connectivity index (χ2n) is 7.62. The molecule has 0 unspecified atom stereocenters. The van der Waals surface area contributed by atoms with E-state index in [9.17, 15) is 13.2 Å². The van der Waals surface area contributed by atoms with Crippen LogP contribution in [0.3, 0.4) is 0 Å². The van der Waals surface area contributed by atoms with Gasteiger partial charge in [-0.25, -0.2) is 8.42 Å². The van der Waals surface area contributed by atoms with Crippen LogP contribution in [0.1, 0.15) is 12.5 Å². The SMILES string of the molecule is C[C@H](C(=O)NCCSCc1cccc(Cl)c1)N(c1ccc(Oc2ccccc2)cc1)S(C)(=O)=O. The highest BCUT2D eigenvalue weighted by Gasteiger charge is 2.28. The van der Waals surface area contributed by atoms with E-state index in [4.69, 9.17) is 16.3 Å². The average molecular weight is 519 g/mol. The molecule has 0 aliphatic carbocycles. The van der Waals surface area contributed by atoms with Crippen molar-refractivity contribution in [3.8, 4) is 11.5 Å². The van der Waals surface area contributed by atoms with Crippen molar-refractivity contribution in [2.75, 3.05) is 22.9 Å². The third kappa shape index (κ3) is 7.68. The molecule has 1 atom stereocenters. The summed E-state index contributed by atoms with van der Waals surface area (Å²) in [4.78, 5) is 12.7. The number of rotatable bonds is 11. The summed E-state index contributed by atoms with van der Waals surface area (Å²) in [6.45, 7) is 2.00. The topological polar surface area (TPSA) is 75.7 Å². The molecule has 0 bridgehead atoms. The molecule has 180 valence electrons. The number of sulfonamides is 1. The molecule has 3 rings (SSSR count). The zero-order valence-corrected chi connectivity index (χ0v) is 21.4. The first-order valence-corrected chi connectivity index (χ1v) is 14.0. The van der Waals surface area contributed by atoms with Crippen molar-refractivity contribution in [3.63, 3.8) is 0 Å². The molecule has 6 nitrogen and oxygen atoms in total. The Kier molecular flexibility index (Phi) is 9.27. The highest BCUT2D eigenvalue weighted by molar-refractivity contribution is 7.98. The van der Waals surface area contributed by atoms with Crippen LogP contribution in [-0.2, 0) is 20.6 Å². The molecule has 0 saturated carbocycles. The molecule has 0 aliphatic heterocycles. The first-order chi connectivity index (χ1) is 16.2. The third-order valence-electron chi connectivity index (χ3n) is 4.86. The van der Waals surface area contributed by atoms with Crippen molar-refractivity contribution in [3.05, 3.63) is 89.4 Å². The molecular formula is C25H27ClN2O4S2. The predicted molar refractivity (Wildman–Crippen MR) is 140 cm³/mol. The number of anilines is 1. The van der Waals surface area contributed by atoms with Crippen LogP contribution in [-0.4, -0.2) is 38.9 Å². The van der Waals surface area contributed by atoms with Crippen molar-refractivity contribution >= 4 is 45.0 Å². The largest absolute Gasteiger partial charge is 0.457 e. The van der Waals surface area contributed by atoms with Crippen LogP contribution in [0, 0.1) is 0 Å². The van der Waals surface area contributed by atoms with Crippen molar-refractivity contribution < 1.29 is 17.9 Å². The molecule has 0 fully saturated rings. The lowest BCUT2D eigenvalue weighted by Gasteiger charge is -2.28. The fourth-order valence-corrected chi connectivity index (χ4v) is 5.50. The van der Waals surface area contributed by atoms with Crippen LogP contribution in [0.4, 0.5) is 5.69 Å². The Morgan fingerprint density at radius 1 is 1.03 bits per heavy atom. The summed E-state index contributed by atoms with van der Waals surface area (Å²) in [6.07, 6.45) is 1.09. The average Bonchev–Trinajstić information content (AvgIpc) is 2.80. The predicted octanol–water partition coefficient (Wildman–Crippen LogP) is 5.34. The van der Waals surface area contributed by atoms with Crippen LogP contribution < -0.4 is 14.4 Å². The van der Waals surface area contributed by atoms with E-state index in [0.717, 1.165) is 21.9 Å². The maximum atomic E-state index is 12.7. The van der Waals surface area contributed by atoms with Crippen LogP contribution in [0.5, 0.6) is 11.5 Å². The number of nitrogens with zero attached hydrogens (tertiary/aromatic N) is 1. The Hall–Kier alpha value is -2.68. The molecule has 34 heavy (non-hydrogen) atoms. The van der Waals surface area contributed by atoms with Gasteiger partial charge in [0.15, 0.2) is 0 Å². The minimum absolute atomic E-state index is 0.363. The summed E-state index contributed by atoms with van der Waals surface area (Å²) in [5.74, 6) is 2.35. The van der Waals surface area contributed by atoms with E-state index in [-0.39, 0.29) is 5.91 Å². The Bertz CT molecular complexity index is 1190. The number of para-hydroxylation sites is 1. The first-order valence-electron chi connectivity index (χ1n) is 10.7. The van der Waals surface area contributed by atoms with Gasteiger partial charge in [0.25, 0.3) is 0 Å². The van der Waals surface area contributed by atoms with Gasteiger partial charge in [-0.15, -0.1) is 0 Å².